The van der Waals surface area contributed by atoms with Crippen LogP contribution < -0.4 is 5.32 Å². The fraction of sp³-hybridized carbons (Fsp3) is 0.526. The lowest BCUT2D eigenvalue weighted by atomic mass is 10.0. The molecule has 0 bridgehead atoms. The Balaban J connectivity index is 1.38. The van der Waals surface area contributed by atoms with Crippen LogP contribution in [0.5, 0.6) is 0 Å². The number of hydrogen-bond donors (Lipinski definition) is 1. The van der Waals surface area contributed by atoms with Crippen LogP contribution in [0.3, 0.4) is 0 Å². The predicted molar refractivity (Wildman–Crippen MR) is 96.0 cm³/mol. The van der Waals surface area contributed by atoms with Gasteiger partial charge in [0.25, 0.3) is 5.91 Å². The van der Waals surface area contributed by atoms with E-state index in [1.807, 2.05) is 0 Å². The summed E-state index contributed by atoms with van der Waals surface area (Å²) in [5, 5.41) is 11.3. The van der Waals surface area contributed by atoms with Gasteiger partial charge in [-0.15, -0.1) is 5.10 Å². The number of halogens is 3. The number of piperidine rings is 1. The van der Waals surface area contributed by atoms with Gasteiger partial charge in [-0.1, -0.05) is 11.3 Å². The lowest BCUT2D eigenvalue weighted by molar-refractivity contribution is -0.137. The molecule has 1 aromatic heterocycles. The molecule has 2 aliphatic rings. The standard InChI is InChI=1S/C19H22F3N5O/c20-19(21,22)14-2-1-3-16(10-14)27-12-17(24-25-27)18(28)26-8-6-15(7-9-26)23-11-13-4-5-13/h1-3,10,12-13,15,23H,4-9,11H2. The number of amides is 1. The molecule has 1 aromatic carbocycles. The quantitative estimate of drug-likeness (QED) is 0.849. The number of carbonyl (C=O) groups excluding carboxylic acids is 1. The molecule has 1 saturated heterocycles. The molecule has 1 aliphatic carbocycles. The summed E-state index contributed by atoms with van der Waals surface area (Å²) < 4.78 is 39.8. The van der Waals surface area contributed by atoms with E-state index in [0.717, 1.165) is 37.4 Å². The van der Waals surface area contributed by atoms with E-state index in [-0.39, 0.29) is 17.3 Å². The number of hydrogen-bond acceptors (Lipinski definition) is 4. The highest BCUT2D eigenvalue weighted by molar-refractivity contribution is 5.92. The largest absolute Gasteiger partial charge is 0.416 e. The number of benzene rings is 1. The maximum absolute atomic E-state index is 12.9. The van der Waals surface area contributed by atoms with Crippen LogP contribution in [0.15, 0.2) is 30.5 Å². The molecule has 0 atom stereocenters. The van der Waals surface area contributed by atoms with Gasteiger partial charge in [-0.25, -0.2) is 4.68 Å². The molecule has 1 aliphatic heterocycles. The second-order valence-electron chi connectivity index (χ2n) is 7.51. The van der Waals surface area contributed by atoms with E-state index in [9.17, 15) is 18.0 Å². The molecule has 1 amide bonds. The van der Waals surface area contributed by atoms with Crippen molar-refractivity contribution in [3.63, 3.8) is 0 Å². The van der Waals surface area contributed by atoms with Gasteiger partial charge in [0.15, 0.2) is 5.69 Å². The van der Waals surface area contributed by atoms with Crippen LogP contribution in [0.1, 0.15) is 41.7 Å². The molecule has 4 rings (SSSR count). The Labute approximate surface area is 160 Å². The summed E-state index contributed by atoms with van der Waals surface area (Å²) in [4.78, 5) is 14.4. The smallest absolute Gasteiger partial charge is 0.337 e. The third kappa shape index (κ3) is 4.35. The van der Waals surface area contributed by atoms with Crippen LogP contribution in [-0.4, -0.2) is 51.5 Å². The van der Waals surface area contributed by atoms with Gasteiger partial charge in [-0.05, 0) is 56.3 Å². The Kier molecular flexibility index (Phi) is 5.09. The molecule has 9 heteroatoms. The maximum atomic E-state index is 12.9. The van der Waals surface area contributed by atoms with Gasteiger partial charge in [0.1, 0.15) is 0 Å². The van der Waals surface area contributed by atoms with Crippen LogP contribution >= 0.6 is 0 Å². The van der Waals surface area contributed by atoms with Gasteiger partial charge in [0, 0.05) is 19.1 Å². The van der Waals surface area contributed by atoms with Crippen LogP contribution in [0.2, 0.25) is 0 Å². The predicted octanol–water partition coefficient (Wildman–Crippen LogP) is 2.89. The Hall–Kier alpha value is -2.42. The Morgan fingerprint density at radius 1 is 1.18 bits per heavy atom. The summed E-state index contributed by atoms with van der Waals surface area (Å²) in [7, 11) is 0. The highest BCUT2D eigenvalue weighted by Gasteiger charge is 2.31. The van der Waals surface area contributed by atoms with Crippen LogP contribution in [0.4, 0.5) is 13.2 Å². The van der Waals surface area contributed by atoms with Gasteiger partial charge in [-0.2, -0.15) is 13.2 Å². The molecular formula is C19H22F3N5O. The SMILES string of the molecule is O=C(c1cn(-c2cccc(C(F)(F)F)c2)nn1)N1CCC(NCC2CC2)CC1. The lowest BCUT2D eigenvalue weighted by Gasteiger charge is -2.32. The first-order chi connectivity index (χ1) is 13.4. The molecule has 0 radical (unpaired) electrons. The zero-order valence-corrected chi connectivity index (χ0v) is 15.3. The molecule has 0 unspecified atom stereocenters. The number of nitrogens with one attached hydrogen (secondary N) is 1. The fourth-order valence-corrected chi connectivity index (χ4v) is 3.42. The second-order valence-corrected chi connectivity index (χ2v) is 7.51. The van der Waals surface area contributed by atoms with Crippen LogP contribution in [0, 0.1) is 5.92 Å². The summed E-state index contributed by atoms with van der Waals surface area (Å²) in [6.45, 7) is 2.33. The molecule has 0 spiro atoms. The first kappa shape index (κ1) is 18.9. The van der Waals surface area contributed by atoms with Gasteiger partial charge < -0.3 is 10.2 Å². The number of nitrogens with zero attached hydrogens (tertiary/aromatic N) is 4. The Morgan fingerprint density at radius 3 is 2.61 bits per heavy atom. The average molecular weight is 393 g/mol. The van der Waals surface area contributed by atoms with E-state index in [2.05, 4.69) is 15.6 Å². The molecule has 1 N–H and O–H groups in total. The van der Waals surface area contributed by atoms with E-state index in [4.69, 9.17) is 0 Å². The second kappa shape index (κ2) is 7.54. The molecular weight excluding hydrogens is 371 g/mol. The number of aromatic nitrogens is 3. The zero-order valence-electron chi connectivity index (χ0n) is 15.3. The molecule has 2 fully saturated rings. The summed E-state index contributed by atoms with van der Waals surface area (Å²) in [5.74, 6) is 0.587. The van der Waals surface area contributed by atoms with E-state index in [1.165, 1.54) is 35.9 Å². The van der Waals surface area contributed by atoms with Crippen molar-refractivity contribution in [1.29, 1.82) is 0 Å². The number of rotatable bonds is 5. The van der Waals surface area contributed by atoms with Crippen molar-refractivity contribution in [2.75, 3.05) is 19.6 Å². The van der Waals surface area contributed by atoms with Crippen molar-refractivity contribution in [3.05, 3.63) is 41.7 Å². The lowest BCUT2D eigenvalue weighted by Crippen LogP contribution is -2.45. The topological polar surface area (TPSA) is 63.1 Å². The Bertz CT molecular complexity index is 838. The van der Waals surface area contributed by atoms with Gasteiger partial charge in [-0.3, -0.25) is 4.79 Å². The number of likely N-dealkylation sites (tertiary alicyclic amines) is 1. The molecule has 150 valence electrons. The van der Waals surface area contributed by atoms with Crippen LogP contribution in [-0.2, 0) is 6.18 Å². The van der Waals surface area contributed by atoms with Crippen molar-refractivity contribution in [3.8, 4) is 5.69 Å². The van der Waals surface area contributed by atoms with Crippen molar-refractivity contribution in [1.82, 2.24) is 25.2 Å². The van der Waals surface area contributed by atoms with Crippen molar-refractivity contribution < 1.29 is 18.0 Å². The van der Waals surface area contributed by atoms with Crippen molar-refractivity contribution in [2.24, 2.45) is 5.92 Å². The Morgan fingerprint density at radius 2 is 1.93 bits per heavy atom. The van der Waals surface area contributed by atoms with Gasteiger partial charge >= 0.3 is 6.18 Å². The highest BCUT2D eigenvalue weighted by atomic mass is 19.4. The molecule has 28 heavy (non-hydrogen) atoms. The average Bonchev–Trinajstić information content (AvgIpc) is 3.39. The fourth-order valence-electron chi connectivity index (χ4n) is 3.42. The summed E-state index contributed by atoms with van der Waals surface area (Å²) >= 11 is 0. The molecule has 6 nitrogen and oxygen atoms in total. The van der Waals surface area contributed by atoms with E-state index < -0.39 is 11.7 Å². The number of carbonyl (C=O) groups is 1. The van der Waals surface area contributed by atoms with Crippen LogP contribution in [0.25, 0.3) is 5.69 Å². The monoisotopic (exact) mass is 393 g/mol. The van der Waals surface area contributed by atoms with Gasteiger partial charge in [0.2, 0.25) is 0 Å². The van der Waals surface area contributed by atoms with E-state index in [0.29, 0.717) is 19.1 Å². The van der Waals surface area contributed by atoms with Crippen molar-refractivity contribution >= 4 is 5.91 Å². The first-order valence-electron chi connectivity index (χ1n) is 9.53. The van der Waals surface area contributed by atoms with E-state index >= 15 is 0 Å². The minimum Gasteiger partial charge on any atom is -0.337 e. The third-order valence-corrected chi connectivity index (χ3v) is 5.32. The van der Waals surface area contributed by atoms with Crippen molar-refractivity contribution in [2.45, 2.75) is 37.9 Å². The summed E-state index contributed by atoms with van der Waals surface area (Å²) in [5.41, 5.74) is -0.416. The van der Waals surface area contributed by atoms with Gasteiger partial charge in [0.05, 0.1) is 17.4 Å². The molecule has 2 heterocycles. The summed E-state index contributed by atoms with van der Waals surface area (Å²) in [6.07, 6.45) is 1.35. The minimum absolute atomic E-state index is 0.141. The zero-order chi connectivity index (χ0) is 19.7. The van der Waals surface area contributed by atoms with E-state index in [1.54, 1.807) is 4.90 Å². The summed E-state index contributed by atoms with van der Waals surface area (Å²) in [6, 6.07) is 5.22. The minimum atomic E-state index is -4.44. The first-order valence-corrected chi connectivity index (χ1v) is 9.53. The number of alkyl halides is 3. The maximum Gasteiger partial charge on any atom is 0.416 e. The molecule has 1 saturated carbocycles. The molecule has 2 aromatic rings. The highest BCUT2D eigenvalue weighted by Crippen LogP contribution is 2.30. The third-order valence-electron chi connectivity index (χ3n) is 5.32. The normalized spacial score (nSPS) is 18.5.